The molecule has 4 nitrogen and oxygen atoms in total. The summed E-state index contributed by atoms with van der Waals surface area (Å²) in [6.45, 7) is 6.30. The summed E-state index contributed by atoms with van der Waals surface area (Å²) in [4.78, 5) is 11.9. The van der Waals surface area contributed by atoms with Crippen LogP contribution in [0.3, 0.4) is 0 Å². The van der Waals surface area contributed by atoms with Gasteiger partial charge in [0.2, 0.25) is 0 Å². The van der Waals surface area contributed by atoms with E-state index in [2.05, 4.69) is 0 Å². The molecule has 2 N–H and O–H groups in total. The third kappa shape index (κ3) is 2.52. The molecule has 2 atom stereocenters. The van der Waals surface area contributed by atoms with Gasteiger partial charge >= 0.3 is 5.63 Å². The molecule has 118 valence electrons. The summed E-state index contributed by atoms with van der Waals surface area (Å²) >= 11 is 0. The number of nitrogens with two attached hydrogens (primary N) is 1. The second kappa shape index (κ2) is 5.76. The van der Waals surface area contributed by atoms with E-state index in [-0.39, 0.29) is 11.7 Å². The molecule has 0 aliphatic heterocycles. The van der Waals surface area contributed by atoms with Gasteiger partial charge in [0, 0.05) is 17.5 Å². The summed E-state index contributed by atoms with van der Waals surface area (Å²) in [5.41, 5.74) is 8.98. The highest BCUT2D eigenvalue weighted by molar-refractivity contribution is 5.89. The van der Waals surface area contributed by atoms with Gasteiger partial charge in [-0.25, -0.2) is 4.79 Å². The third-order valence-electron chi connectivity index (χ3n) is 4.93. The van der Waals surface area contributed by atoms with Crippen molar-refractivity contribution in [2.45, 2.75) is 46.1 Å². The Hall–Kier alpha value is -1.81. The molecule has 1 fully saturated rings. The molecule has 0 radical (unpaired) electrons. The summed E-state index contributed by atoms with van der Waals surface area (Å²) in [6, 6.07) is 4.13. The van der Waals surface area contributed by atoms with Gasteiger partial charge in [0.1, 0.15) is 11.3 Å². The van der Waals surface area contributed by atoms with Crippen molar-refractivity contribution in [3.63, 3.8) is 0 Å². The molecular weight excluding hydrogens is 278 g/mol. The second-order valence-electron chi connectivity index (χ2n) is 6.39. The molecule has 0 bridgehead atoms. The molecule has 0 saturated heterocycles. The van der Waals surface area contributed by atoms with Gasteiger partial charge in [0.15, 0.2) is 0 Å². The van der Waals surface area contributed by atoms with Gasteiger partial charge in [0.05, 0.1) is 12.0 Å². The van der Waals surface area contributed by atoms with Gasteiger partial charge in [-0.15, -0.1) is 0 Å². The second-order valence-corrected chi connectivity index (χ2v) is 6.39. The largest absolute Gasteiger partial charge is 0.492 e. The average molecular weight is 301 g/mol. The molecule has 1 aliphatic carbocycles. The maximum atomic E-state index is 11.9. The van der Waals surface area contributed by atoms with Crippen molar-refractivity contribution in [2.24, 2.45) is 11.7 Å². The van der Waals surface area contributed by atoms with Crippen LogP contribution < -0.4 is 16.1 Å². The Morgan fingerprint density at radius 3 is 2.68 bits per heavy atom. The van der Waals surface area contributed by atoms with Crippen LogP contribution in [0, 0.1) is 26.7 Å². The molecule has 1 aromatic carbocycles. The molecule has 4 heteroatoms. The minimum Gasteiger partial charge on any atom is -0.492 e. The van der Waals surface area contributed by atoms with Crippen LogP contribution in [0.5, 0.6) is 5.75 Å². The van der Waals surface area contributed by atoms with Crippen molar-refractivity contribution in [3.05, 3.63) is 39.2 Å². The van der Waals surface area contributed by atoms with Gasteiger partial charge in [-0.3, -0.25) is 0 Å². The molecule has 1 aliphatic rings. The lowest BCUT2D eigenvalue weighted by atomic mass is 10.0. The van der Waals surface area contributed by atoms with Crippen molar-refractivity contribution >= 4 is 11.0 Å². The zero-order valence-electron chi connectivity index (χ0n) is 13.4. The highest BCUT2D eigenvalue weighted by Gasteiger charge is 2.25. The Balaban J connectivity index is 2.01. The van der Waals surface area contributed by atoms with E-state index in [0.717, 1.165) is 35.1 Å². The van der Waals surface area contributed by atoms with E-state index < -0.39 is 0 Å². The van der Waals surface area contributed by atoms with Crippen LogP contribution in [0.25, 0.3) is 11.0 Å². The van der Waals surface area contributed by atoms with Gasteiger partial charge in [-0.2, -0.15) is 0 Å². The predicted octanol–water partition coefficient (Wildman–Crippen LogP) is 3.22. The van der Waals surface area contributed by atoms with Crippen molar-refractivity contribution in [1.29, 1.82) is 0 Å². The topological polar surface area (TPSA) is 65.5 Å². The highest BCUT2D eigenvalue weighted by Crippen LogP contribution is 2.33. The van der Waals surface area contributed by atoms with Crippen LogP contribution in [0.15, 0.2) is 21.3 Å². The minimum atomic E-state index is -0.275. The SMILES string of the molecule is Cc1c(C)c2c(OC[C@@H]3CCC[C@@H]3N)ccc(C)c2oc1=O. The summed E-state index contributed by atoms with van der Waals surface area (Å²) in [7, 11) is 0. The van der Waals surface area contributed by atoms with Crippen LogP contribution >= 0.6 is 0 Å². The maximum absolute atomic E-state index is 11.9. The summed E-state index contributed by atoms with van der Waals surface area (Å²) < 4.78 is 11.5. The van der Waals surface area contributed by atoms with Crippen molar-refractivity contribution in [2.75, 3.05) is 6.61 Å². The number of aryl methyl sites for hydroxylation is 2. The first-order valence-electron chi connectivity index (χ1n) is 7.91. The van der Waals surface area contributed by atoms with Crippen LogP contribution in [0.4, 0.5) is 0 Å². The number of rotatable bonds is 3. The fraction of sp³-hybridized carbons (Fsp3) is 0.500. The third-order valence-corrected chi connectivity index (χ3v) is 4.93. The lowest BCUT2D eigenvalue weighted by molar-refractivity contribution is 0.242. The Labute approximate surface area is 130 Å². The molecule has 1 saturated carbocycles. The van der Waals surface area contributed by atoms with E-state index in [9.17, 15) is 4.79 Å². The Kier molecular flexibility index (Phi) is 3.96. The molecular formula is C18H23NO3. The van der Waals surface area contributed by atoms with E-state index in [1.54, 1.807) is 6.92 Å². The number of ether oxygens (including phenoxy) is 1. The molecule has 0 spiro atoms. The molecule has 22 heavy (non-hydrogen) atoms. The summed E-state index contributed by atoms with van der Waals surface area (Å²) in [6.07, 6.45) is 3.38. The van der Waals surface area contributed by atoms with Gasteiger partial charge in [0.25, 0.3) is 0 Å². The van der Waals surface area contributed by atoms with E-state index in [1.807, 2.05) is 26.0 Å². The minimum absolute atomic E-state index is 0.234. The molecule has 2 aromatic rings. The van der Waals surface area contributed by atoms with Crippen molar-refractivity contribution in [1.82, 2.24) is 0 Å². The molecule has 1 heterocycles. The van der Waals surface area contributed by atoms with Crippen LogP contribution in [-0.4, -0.2) is 12.6 Å². The Morgan fingerprint density at radius 1 is 1.23 bits per heavy atom. The van der Waals surface area contributed by atoms with E-state index in [4.69, 9.17) is 14.9 Å². The zero-order valence-corrected chi connectivity index (χ0v) is 13.4. The smallest absolute Gasteiger partial charge is 0.339 e. The Bertz CT molecular complexity index is 763. The molecule has 0 unspecified atom stereocenters. The normalized spacial score (nSPS) is 21.5. The molecule has 3 rings (SSSR count). The highest BCUT2D eigenvalue weighted by atomic mass is 16.5. The molecule has 1 aromatic heterocycles. The first-order chi connectivity index (χ1) is 10.5. The number of hydrogen-bond acceptors (Lipinski definition) is 4. The predicted molar refractivity (Wildman–Crippen MR) is 87.5 cm³/mol. The van der Waals surface area contributed by atoms with E-state index in [0.29, 0.717) is 23.7 Å². The summed E-state index contributed by atoms with van der Waals surface area (Å²) in [5.74, 6) is 1.19. The Morgan fingerprint density at radius 2 is 2.00 bits per heavy atom. The average Bonchev–Trinajstić information content (AvgIpc) is 2.90. The van der Waals surface area contributed by atoms with E-state index >= 15 is 0 Å². The fourth-order valence-electron chi connectivity index (χ4n) is 3.25. The van der Waals surface area contributed by atoms with Gasteiger partial charge in [-0.1, -0.05) is 12.5 Å². The maximum Gasteiger partial charge on any atom is 0.339 e. The number of benzene rings is 1. The van der Waals surface area contributed by atoms with Gasteiger partial charge in [-0.05, 0) is 50.8 Å². The van der Waals surface area contributed by atoms with Gasteiger partial charge < -0.3 is 14.9 Å². The van der Waals surface area contributed by atoms with Crippen molar-refractivity contribution < 1.29 is 9.15 Å². The van der Waals surface area contributed by atoms with Crippen LogP contribution in [0.2, 0.25) is 0 Å². The van der Waals surface area contributed by atoms with Crippen LogP contribution in [0.1, 0.15) is 36.0 Å². The van der Waals surface area contributed by atoms with E-state index in [1.165, 1.54) is 6.42 Å². The first-order valence-corrected chi connectivity index (χ1v) is 7.91. The fourth-order valence-corrected chi connectivity index (χ4v) is 3.25. The molecule has 0 amide bonds. The lowest BCUT2D eigenvalue weighted by Gasteiger charge is -2.18. The monoisotopic (exact) mass is 301 g/mol. The standard InChI is InChI=1S/C18H23NO3/c1-10-7-8-15(21-9-13-5-4-6-14(13)19)16-11(2)12(3)18(20)22-17(10)16/h7-8,13-14H,4-6,9,19H2,1-3H3/t13-,14-/m0/s1. The number of hydrogen-bond donors (Lipinski definition) is 1. The zero-order chi connectivity index (χ0) is 15.9. The quantitative estimate of drug-likeness (QED) is 0.884. The number of fused-ring (bicyclic) bond motifs is 1. The lowest BCUT2D eigenvalue weighted by Crippen LogP contribution is -2.28. The van der Waals surface area contributed by atoms with Crippen molar-refractivity contribution in [3.8, 4) is 5.75 Å². The summed E-state index contributed by atoms with van der Waals surface area (Å²) in [5, 5.41) is 0.906. The first kappa shape index (κ1) is 15.1. The van der Waals surface area contributed by atoms with Crippen LogP contribution in [-0.2, 0) is 0 Å².